The van der Waals surface area contributed by atoms with Crippen LogP contribution in [-0.4, -0.2) is 11.9 Å². The highest BCUT2D eigenvalue weighted by Crippen LogP contribution is 2.14. The predicted molar refractivity (Wildman–Crippen MR) is 82.7 cm³/mol. The van der Waals surface area contributed by atoms with Crippen molar-refractivity contribution in [3.63, 3.8) is 0 Å². The number of ether oxygens (including phenoxy) is 1. The maximum Gasteiger partial charge on any atom is 0.234 e. The molecule has 0 aromatic heterocycles. The molecule has 0 heterocycles. The first kappa shape index (κ1) is 16.0. The molecule has 5 heteroatoms. The highest BCUT2D eigenvalue weighted by Gasteiger charge is 2.07. The number of hydrogen-bond donors (Lipinski definition) is 2. The van der Waals surface area contributed by atoms with Gasteiger partial charge in [0.2, 0.25) is 5.91 Å². The van der Waals surface area contributed by atoms with Gasteiger partial charge in [-0.05, 0) is 42.3 Å². The first-order valence-corrected chi connectivity index (χ1v) is 7.03. The number of nitrogens with one attached hydrogen (secondary N) is 1. The van der Waals surface area contributed by atoms with Crippen LogP contribution in [0.2, 0.25) is 0 Å². The third kappa shape index (κ3) is 4.86. The van der Waals surface area contributed by atoms with Crippen molar-refractivity contribution in [1.29, 1.82) is 0 Å². The minimum absolute atomic E-state index is 0.288. The molecule has 2 rings (SSSR count). The second-order valence-corrected chi connectivity index (χ2v) is 5.07. The summed E-state index contributed by atoms with van der Waals surface area (Å²) in [6.07, 6.45) is 0. The van der Waals surface area contributed by atoms with E-state index in [1.165, 1.54) is 12.1 Å². The van der Waals surface area contributed by atoms with Gasteiger partial charge in [-0.2, -0.15) is 0 Å². The van der Waals surface area contributed by atoms with Crippen LogP contribution in [0.5, 0.6) is 5.75 Å². The van der Waals surface area contributed by atoms with Gasteiger partial charge in [-0.25, -0.2) is 4.39 Å². The molecule has 2 aromatic rings. The van der Waals surface area contributed by atoms with Gasteiger partial charge in [0.1, 0.15) is 18.2 Å². The van der Waals surface area contributed by atoms with Gasteiger partial charge in [0.15, 0.2) is 0 Å². The molecule has 22 heavy (non-hydrogen) atoms. The van der Waals surface area contributed by atoms with E-state index < -0.39 is 0 Å². The third-order valence-corrected chi connectivity index (χ3v) is 3.25. The first-order valence-electron chi connectivity index (χ1n) is 7.03. The second-order valence-electron chi connectivity index (χ2n) is 5.07. The van der Waals surface area contributed by atoms with Gasteiger partial charge in [-0.1, -0.05) is 24.3 Å². The second kappa shape index (κ2) is 7.56. The molecule has 0 saturated carbocycles. The van der Waals surface area contributed by atoms with Gasteiger partial charge in [0.05, 0.1) is 6.04 Å². The quantitative estimate of drug-likeness (QED) is 0.825. The summed E-state index contributed by atoms with van der Waals surface area (Å²) in [5.74, 6) is -0.0490. The van der Waals surface area contributed by atoms with Gasteiger partial charge < -0.3 is 15.8 Å². The van der Waals surface area contributed by atoms with E-state index in [2.05, 4.69) is 5.32 Å². The van der Waals surface area contributed by atoms with Crippen molar-refractivity contribution in [2.24, 2.45) is 5.73 Å². The van der Waals surface area contributed by atoms with Crippen LogP contribution in [0.3, 0.4) is 0 Å². The summed E-state index contributed by atoms with van der Waals surface area (Å²) in [7, 11) is 0. The van der Waals surface area contributed by atoms with Crippen LogP contribution in [0.4, 0.5) is 4.39 Å². The first-order chi connectivity index (χ1) is 10.5. The number of amides is 1. The molecule has 0 radical (unpaired) electrons. The molecule has 0 aliphatic heterocycles. The zero-order valence-electron chi connectivity index (χ0n) is 12.4. The van der Waals surface area contributed by atoms with E-state index in [1.807, 2.05) is 24.3 Å². The molecule has 0 aliphatic carbocycles. The van der Waals surface area contributed by atoms with Crippen LogP contribution < -0.4 is 15.8 Å². The average Bonchev–Trinajstić information content (AvgIpc) is 2.52. The Morgan fingerprint density at radius 1 is 1.23 bits per heavy atom. The Morgan fingerprint density at radius 3 is 2.59 bits per heavy atom. The molecular formula is C17H19FN2O2. The molecule has 3 N–H and O–H groups in total. The molecule has 0 aliphatic rings. The molecule has 1 atom stereocenters. The Hall–Kier alpha value is -2.40. The number of rotatable bonds is 7. The fourth-order valence-corrected chi connectivity index (χ4v) is 1.90. The molecule has 0 unspecified atom stereocenters. The Bertz CT molecular complexity index is 629. The summed E-state index contributed by atoms with van der Waals surface area (Å²) in [5.41, 5.74) is 7.24. The standard InChI is InChI=1S/C17H19FN2O2/c1-12(17(19)21)20-10-13-3-2-4-14(9-13)11-22-16-7-5-15(18)6-8-16/h2-9,12,20H,10-11H2,1H3,(H2,19,21)/t12-/m0/s1. The van der Waals surface area contributed by atoms with Crippen molar-refractivity contribution in [2.45, 2.75) is 26.1 Å². The van der Waals surface area contributed by atoms with E-state index >= 15 is 0 Å². The van der Waals surface area contributed by atoms with Gasteiger partial charge in [-0.15, -0.1) is 0 Å². The summed E-state index contributed by atoms with van der Waals surface area (Å²) in [4.78, 5) is 11.0. The van der Waals surface area contributed by atoms with Crippen molar-refractivity contribution >= 4 is 5.91 Å². The van der Waals surface area contributed by atoms with Crippen LogP contribution in [0.25, 0.3) is 0 Å². The molecule has 116 valence electrons. The summed E-state index contributed by atoms with van der Waals surface area (Å²) in [6.45, 7) is 2.67. The lowest BCUT2D eigenvalue weighted by atomic mass is 10.1. The summed E-state index contributed by atoms with van der Waals surface area (Å²) in [6, 6.07) is 13.4. The molecular weight excluding hydrogens is 283 g/mol. The highest BCUT2D eigenvalue weighted by molar-refractivity contribution is 5.79. The van der Waals surface area contributed by atoms with Crippen LogP contribution in [0.15, 0.2) is 48.5 Å². The van der Waals surface area contributed by atoms with Crippen molar-refractivity contribution in [3.8, 4) is 5.75 Å². The van der Waals surface area contributed by atoms with Gasteiger partial charge in [0.25, 0.3) is 0 Å². The van der Waals surface area contributed by atoms with E-state index in [1.54, 1.807) is 19.1 Å². The van der Waals surface area contributed by atoms with E-state index in [0.717, 1.165) is 11.1 Å². The summed E-state index contributed by atoms with van der Waals surface area (Å²) >= 11 is 0. The monoisotopic (exact) mass is 302 g/mol. The minimum Gasteiger partial charge on any atom is -0.489 e. The number of carbonyl (C=O) groups excluding carboxylic acids is 1. The summed E-state index contributed by atoms with van der Waals surface area (Å²) < 4.78 is 18.4. The number of primary amides is 1. The van der Waals surface area contributed by atoms with Crippen molar-refractivity contribution in [2.75, 3.05) is 0 Å². The fourth-order valence-electron chi connectivity index (χ4n) is 1.90. The van der Waals surface area contributed by atoms with Crippen LogP contribution in [0, 0.1) is 5.82 Å². The predicted octanol–water partition coefficient (Wildman–Crippen LogP) is 2.37. The van der Waals surface area contributed by atoms with Crippen LogP contribution >= 0.6 is 0 Å². The van der Waals surface area contributed by atoms with E-state index in [-0.39, 0.29) is 17.8 Å². The normalized spacial score (nSPS) is 11.9. The van der Waals surface area contributed by atoms with Gasteiger partial charge >= 0.3 is 0 Å². The van der Waals surface area contributed by atoms with Gasteiger partial charge in [0, 0.05) is 6.54 Å². The largest absolute Gasteiger partial charge is 0.489 e. The van der Waals surface area contributed by atoms with Crippen molar-refractivity contribution in [3.05, 3.63) is 65.5 Å². The van der Waals surface area contributed by atoms with E-state index in [4.69, 9.17) is 10.5 Å². The Labute approximate surface area is 129 Å². The number of halogens is 1. The molecule has 1 amide bonds. The van der Waals surface area contributed by atoms with Crippen LogP contribution in [-0.2, 0) is 17.9 Å². The molecule has 0 spiro atoms. The topological polar surface area (TPSA) is 64.3 Å². The zero-order chi connectivity index (χ0) is 15.9. The van der Waals surface area contributed by atoms with Gasteiger partial charge in [-0.3, -0.25) is 4.79 Å². The van der Waals surface area contributed by atoms with E-state index in [0.29, 0.717) is 18.9 Å². The maximum absolute atomic E-state index is 12.8. The number of hydrogen-bond acceptors (Lipinski definition) is 3. The molecule has 4 nitrogen and oxygen atoms in total. The molecule has 0 saturated heterocycles. The lowest BCUT2D eigenvalue weighted by Gasteiger charge is -2.11. The number of carbonyl (C=O) groups is 1. The number of nitrogens with two attached hydrogens (primary N) is 1. The Kier molecular flexibility index (Phi) is 5.49. The Balaban J connectivity index is 1.90. The summed E-state index contributed by atoms with van der Waals surface area (Å²) in [5, 5.41) is 3.05. The maximum atomic E-state index is 12.8. The van der Waals surface area contributed by atoms with Crippen molar-refractivity contribution < 1.29 is 13.9 Å². The third-order valence-electron chi connectivity index (χ3n) is 3.25. The molecule has 2 aromatic carbocycles. The fraction of sp³-hybridized carbons (Fsp3) is 0.235. The SMILES string of the molecule is C[C@H](NCc1cccc(COc2ccc(F)cc2)c1)C(N)=O. The smallest absolute Gasteiger partial charge is 0.234 e. The lowest BCUT2D eigenvalue weighted by Crippen LogP contribution is -2.38. The number of benzene rings is 2. The highest BCUT2D eigenvalue weighted by atomic mass is 19.1. The van der Waals surface area contributed by atoms with Crippen LogP contribution in [0.1, 0.15) is 18.1 Å². The van der Waals surface area contributed by atoms with Crippen molar-refractivity contribution in [1.82, 2.24) is 5.32 Å². The minimum atomic E-state index is -0.379. The Morgan fingerprint density at radius 2 is 1.91 bits per heavy atom. The lowest BCUT2D eigenvalue weighted by molar-refractivity contribution is -0.119. The zero-order valence-corrected chi connectivity index (χ0v) is 12.4. The molecule has 0 fully saturated rings. The van der Waals surface area contributed by atoms with E-state index in [9.17, 15) is 9.18 Å². The molecule has 0 bridgehead atoms. The average molecular weight is 302 g/mol.